The molecule has 0 aliphatic rings. The van der Waals surface area contributed by atoms with Crippen molar-refractivity contribution in [3.8, 4) is 0 Å². The van der Waals surface area contributed by atoms with E-state index in [2.05, 4.69) is 4.72 Å². The van der Waals surface area contributed by atoms with Gasteiger partial charge in [0.25, 0.3) is 0 Å². The fourth-order valence-corrected chi connectivity index (χ4v) is 3.00. The molecule has 0 amide bonds. The lowest BCUT2D eigenvalue weighted by Crippen LogP contribution is -2.27. The maximum absolute atomic E-state index is 11.9. The molecule has 3 N–H and O–H groups in total. The van der Waals surface area contributed by atoms with E-state index in [0.29, 0.717) is 30.7 Å². The number of hydrogen-bond donors (Lipinski definition) is 2. The first kappa shape index (κ1) is 16.0. The van der Waals surface area contributed by atoms with Crippen LogP contribution in [0.5, 0.6) is 0 Å². The lowest BCUT2D eigenvalue weighted by Gasteiger charge is -2.10. The van der Waals surface area contributed by atoms with Crippen LogP contribution >= 0.6 is 12.2 Å². The minimum Gasteiger partial charge on any atom is -0.389 e. The first-order chi connectivity index (χ1) is 8.96. The third-order valence-electron chi connectivity index (χ3n) is 2.48. The van der Waals surface area contributed by atoms with Crippen molar-refractivity contribution in [2.75, 3.05) is 20.3 Å². The van der Waals surface area contributed by atoms with Gasteiger partial charge in [0.1, 0.15) is 4.99 Å². The Kier molecular flexibility index (Phi) is 6.36. The molecule has 0 aliphatic heterocycles. The van der Waals surface area contributed by atoms with Gasteiger partial charge in [-0.15, -0.1) is 0 Å². The van der Waals surface area contributed by atoms with Crippen molar-refractivity contribution in [2.24, 2.45) is 5.73 Å². The average molecular weight is 302 g/mol. The molecule has 19 heavy (non-hydrogen) atoms. The van der Waals surface area contributed by atoms with Gasteiger partial charge in [-0.3, -0.25) is 0 Å². The number of sulfonamides is 1. The van der Waals surface area contributed by atoms with Gasteiger partial charge in [0, 0.05) is 25.8 Å². The van der Waals surface area contributed by atoms with Crippen LogP contribution in [-0.4, -0.2) is 33.7 Å². The van der Waals surface area contributed by atoms with Gasteiger partial charge in [-0.2, -0.15) is 0 Å². The first-order valence-electron chi connectivity index (χ1n) is 5.80. The fourth-order valence-electron chi connectivity index (χ4n) is 1.59. The normalized spacial score (nSPS) is 11.4. The Hall–Kier alpha value is -1.02. The molecule has 0 saturated heterocycles. The monoisotopic (exact) mass is 302 g/mol. The van der Waals surface area contributed by atoms with Crippen LogP contribution in [0.2, 0.25) is 0 Å². The SMILES string of the molecule is COCCCNS(=O)(=O)Cc1ccccc1C(N)=S. The van der Waals surface area contributed by atoms with Gasteiger partial charge in [-0.05, 0) is 12.0 Å². The van der Waals surface area contributed by atoms with Crippen molar-refractivity contribution >= 4 is 27.2 Å². The number of rotatable bonds is 8. The van der Waals surface area contributed by atoms with Crippen LogP contribution in [0, 0.1) is 0 Å². The minimum atomic E-state index is -3.39. The highest BCUT2D eigenvalue weighted by Gasteiger charge is 2.14. The Bertz CT molecular complexity index is 530. The van der Waals surface area contributed by atoms with Crippen LogP contribution in [0.15, 0.2) is 24.3 Å². The molecule has 0 aromatic heterocycles. The zero-order valence-corrected chi connectivity index (χ0v) is 12.4. The quantitative estimate of drug-likeness (QED) is 0.548. The Labute approximate surface area is 119 Å². The van der Waals surface area contributed by atoms with Crippen molar-refractivity contribution in [1.82, 2.24) is 4.72 Å². The van der Waals surface area contributed by atoms with Gasteiger partial charge in [0.15, 0.2) is 0 Å². The Balaban J connectivity index is 2.70. The molecule has 0 aliphatic carbocycles. The third kappa shape index (κ3) is 5.65. The first-order valence-corrected chi connectivity index (χ1v) is 7.86. The molecule has 0 unspecified atom stereocenters. The van der Waals surface area contributed by atoms with Crippen molar-refractivity contribution in [1.29, 1.82) is 0 Å². The van der Waals surface area contributed by atoms with Gasteiger partial charge < -0.3 is 10.5 Å². The van der Waals surface area contributed by atoms with E-state index in [0.717, 1.165) is 0 Å². The largest absolute Gasteiger partial charge is 0.389 e. The standard InChI is InChI=1S/C12H18N2O3S2/c1-17-8-4-7-14-19(15,16)9-10-5-2-3-6-11(10)12(13)18/h2-3,5-6,14H,4,7-9H2,1H3,(H2,13,18). The van der Waals surface area contributed by atoms with Crippen LogP contribution in [0.3, 0.4) is 0 Å². The summed E-state index contributed by atoms with van der Waals surface area (Å²) in [6, 6.07) is 6.97. The van der Waals surface area contributed by atoms with Crippen molar-refractivity contribution in [3.63, 3.8) is 0 Å². The summed E-state index contributed by atoms with van der Waals surface area (Å²) in [5, 5.41) is 0. The molecular weight excluding hydrogens is 284 g/mol. The molecule has 0 saturated carbocycles. The Morgan fingerprint density at radius 1 is 1.42 bits per heavy atom. The molecule has 1 aromatic carbocycles. The van der Waals surface area contributed by atoms with E-state index >= 15 is 0 Å². The van der Waals surface area contributed by atoms with E-state index in [-0.39, 0.29) is 10.7 Å². The number of nitrogens with two attached hydrogens (primary N) is 1. The molecule has 7 heteroatoms. The summed E-state index contributed by atoms with van der Waals surface area (Å²) in [5.41, 5.74) is 6.78. The molecule has 1 rings (SSSR count). The number of benzene rings is 1. The predicted molar refractivity (Wildman–Crippen MR) is 79.4 cm³/mol. The Morgan fingerprint density at radius 3 is 2.74 bits per heavy atom. The predicted octanol–water partition coefficient (Wildman–Crippen LogP) is 0.777. The maximum atomic E-state index is 11.9. The molecule has 0 heterocycles. The molecule has 0 atom stereocenters. The average Bonchev–Trinajstić information content (AvgIpc) is 2.34. The van der Waals surface area contributed by atoms with Crippen LogP contribution in [0.25, 0.3) is 0 Å². The van der Waals surface area contributed by atoms with E-state index in [4.69, 9.17) is 22.7 Å². The van der Waals surface area contributed by atoms with Crippen molar-refractivity contribution < 1.29 is 13.2 Å². The lowest BCUT2D eigenvalue weighted by atomic mass is 10.1. The van der Waals surface area contributed by atoms with E-state index in [1.807, 2.05) is 0 Å². The second-order valence-electron chi connectivity index (χ2n) is 4.02. The molecule has 1 aromatic rings. The summed E-state index contributed by atoms with van der Waals surface area (Å²) in [6.07, 6.45) is 0.632. The summed E-state index contributed by atoms with van der Waals surface area (Å²) in [7, 11) is -1.82. The van der Waals surface area contributed by atoms with Crippen LogP contribution in [-0.2, 0) is 20.5 Å². The number of ether oxygens (including phenoxy) is 1. The zero-order valence-electron chi connectivity index (χ0n) is 10.8. The maximum Gasteiger partial charge on any atom is 0.215 e. The lowest BCUT2D eigenvalue weighted by molar-refractivity contribution is 0.196. The number of methoxy groups -OCH3 is 1. The molecule has 5 nitrogen and oxygen atoms in total. The van der Waals surface area contributed by atoms with E-state index in [1.165, 1.54) is 0 Å². The Morgan fingerprint density at radius 2 is 2.11 bits per heavy atom. The third-order valence-corrected chi connectivity index (χ3v) is 4.03. The van der Waals surface area contributed by atoms with Crippen molar-refractivity contribution in [3.05, 3.63) is 35.4 Å². The van der Waals surface area contributed by atoms with E-state index < -0.39 is 10.0 Å². The topological polar surface area (TPSA) is 81.4 Å². The van der Waals surface area contributed by atoms with E-state index in [1.54, 1.807) is 31.4 Å². The fraction of sp³-hybridized carbons (Fsp3) is 0.417. The molecule has 0 spiro atoms. The van der Waals surface area contributed by atoms with Crippen molar-refractivity contribution in [2.45, 2.75) is 12.2 Å². The van der Waals surface area contributed by atoms with Crippen LogP contribution in [0.4, 0.5) is 0 Å². The zero-order chi connectivity index (χ0) is 14.3. The number of hydrogen-bond acceptors (Lipinski definition) is 4. The van der Waals surface area contributed by atoms with Gasteiger partial charge in [-0.25, -0.2) is 13.1 Å². The molecule has 0 bridgehead atoms. The number of thiocarbonyl (C=S) groups is 1. The summed E-state index contributed by atoms with van der Waals surface area (Å²) in [4.78, 5) is 0.199. The second kappa shape index (κ2) is 7.54. The summed E-state index contributed by atoms with van der Waals surface area (Å²) < 4.78 is 31.2. The molecule has 0 radical (unpaired) electrons. The molecular formula is C12H18N2O3S2. The number of nitrogens with one attached hydrogen (secondary N) is 1. The molecule has 0 fully saturated rings. The van der Waals surface area contributed by atoms with Gasteiger partial charge in [-0.1, -0.05) is 36.5 Å². The highest BCUT2D eigenvalue weighted by molar-refractivity contribution is 7.88. The van der Waals surface area contributed by atoms with E-state index in [9.17, 15) is 8.42 Å². The molecule has 106 valence electrons. The summed E-state index contributed by atoms with van der Waals surface area (Å²) in [6.45, 7) is 0.872. The van der Waals surface area contributed by atoms with Crippen LogP contribution < -0.4 is 10.5 Å². The highest BCUT2D eigenvalue weighted by atomic mass is 32.2. The minimum absolute atomic E-state index is 0.131. The van der Waals surface area contributed by atoms with Gasteiger partial charge >= 0.3 is 0 Å². The van der Waals surface area contributed by atoms with Crippen LogP contribution in [0.1, 0.15) is 17.5 Å². The summed E-state index contributed by atoms with van der Waals surface area (Å²) in [5.74, 6) is -0.131. The smallest absolute Gasteiger partial charge is 0.215 e. The second-order valence-corrected chi connectivity index (χ2v) is 6.27. The van der Waals surface area contributed by atoms with Gasteiger partial charge in [0.2, 0.25) is 10.0 Å². The summed E-state index contributed by atoms with van der Waals surface area (Å²) >= 11 is 4.91. The highest BCUT2D eigenvalue weighted by Crippen LogP contribution is 2.12. The van der Waals surface area contributed by atoms with Gasteiger partial charge in [0.05, 0.1) is 5.75 Å².